The molecular weight excluding hydrogens is 304 g/mol. The standard InChI is InChI=1S/C18H24O4.C2H6/c1-13(2)6-5-7-14(3)10-11-21-18(20)12-16-15(4)8-9-17(19)22-16;1-2/h6,8-10H,5,7,11-12H2,1-4H3;1-2H3/b14-10+;. The van der Waals surface area contributed by atoms with Crippen molar-refractivity contribution in [3.63, 3.8) is 0 Å². The maximum atomic E-state index is 11.7. The van der Waals surface area contributed by atoms with Crippen molar-refractivity contribution in [1.82, 2.24) is 0 Å². The summed E-state index contributed by atoms with van der Waals surface area (Å²) in [7, 11) is 0. The summed E-state index contributed by atoms with van der Waals surface area (Å²) in [6.45, 7) is 12.2. The van der Waals surface area contributed by atoms with E-state index in [0.29, 0.717) is 5.76 Å². The van der Waals surface area contributed by atoms with Crippen LogP contribution in [0, 0.1) is 6.92 Å². The fourth-order valence-electron chi connectivity index (χ4n) is 1.85. The summed E-state index contributed by atoms with van der Waals surface area (Å²) in [6, 6.07) is 2.98. The summed E-state index contributed by atoms with van der Waals surface area (Å²) in [4.78, 5) is 22.9. The lowest BCUT2D eigenvalue weighted by Crippen LogP contribution is -2.11. The first kappa shape index (κ1) is 21.9. The summed E-state index contributed by atoms with van der Waals surface area (Å²) in [5, 5.41) is 0. The van der Waals surface area contributed by atoms with Crippen molar-refractivity contribution in [1.29, 1.82) is 0 Å². The average Bonchev–Trinajstić information content (AvgIpc) is 2.52. The van der Waals surface area contributed by atoms with Crippen LogP contribution in [-0.2, 0) is 16.0 Å². The third-order valence-corrected chi connectivity index (χ3v) is 3.21. The maximum Gasteiger partial charge on any atom is 0.335 e. The van der Waals surface area contributed by atoms with E-state index >= 15 is 0 Å². The third kappa shape index (κ3) is 9.82. The van der Waals surface area contributed by atoms with Gasteiger partial charge in [-0.15, -0.1) is 0 Å². The van der Waals surface area contributed by atoms with Crippen LogP contribution in [0.25, 0.3) is 0 Å². The van der Waals surface area contributed by atoms with E-state index in [1.807, 2.05) is 26.8 Å². The van der Waals surface area contributed by atoms with Crippen molar-refractivity contribution < 1.29 is 13.9 Å². The fraction of sp³-hybridized carbons (Fsp3) is 0.500. The second-order valence-electron chi connectivity index (χ2n) is 5.59. The topological polar surface area (TPSA) is 56.5 Å². The van der Waals surface area contributed by atoms with Crippen LogP contribution in [0.4, 0.5) is 0 Å². The van der Waals surface area contributed by atoms with Gasteiger partial charge in [-0.25, -0.2) is 4.79 Å². The first-order valence-corrected chi connectivity index (χ1v) is 8.42. The molecule has 0 saturated carbocycles. The Hall–Kier alpha value is -2.10. The van der Waals surface area contributed by atoms with Gasteiger partial charge in [0.05, 0.1) is 0 Å². The Morgan fingerprint density at radius 1 is 1.17 bits per heavy atom. The minimum absolute atomic E-state index is 0.0213. The van der Waals surface area contributed by atoms with Crippen LogP contribution in [-0.4, -0.2) is 12.6 Å². The van der Waals surface area contributed by atoms with Gasteiger partial charge in [-0.05, 0) is 58.2 Å². The van der Waals surface area contributed by atoms with E-state index in [-0.39, 0.29) is 13.0 Å². The number of hydrogen-bond acceptors (Lipinski definition) is 4. The summed E-state index contributed by atoms with van der Waals surface area (Å²) >= 11 is 0. The van der Waals surface area contributed by atoms with E-state index in [1.165, 1.54) is 17.2 Å². The molecule has 24 heavy (non-hydrogen) atoms. The Labute approximate surface area is 145 Å². The molecule has 0 aliphatic carbocycles. The molecule has 0 radical (unpaired) electrons. The number of esters is 1. The minimum atomic E-state index is -0.455. The molecule has 0 spiro atoms. The smallest absolute Gasteiger partial charge is 0.335 e. The Morgan fingerprint density at radius 2 is 1.83 bits per heavy atom. The van der Waals surface area contributed by atoms with Crippen molar-refractivity contribution in [2.75, 3.05) is 6.61 Å². The molecular formula is C20H30O4. The number of carbonyl (C=O) groups excluding carboxylic acids is 1. The molecule has 0 amide bonds. The largest absolute Gasteiger partial charge is 0.461 e. The molecule has 0 saturated heterocycles. The van der Waals surface area contributed by atoms with Crippen molar-refractivity contribution in [3.8, 4) is 0 Å². The van der Waals surface area contributed by atoms with Crippen LogP contribution in [0.2, 0.25) is 0 Å². The lowest BCUT2D eigenvalue weighted by Gasteiger charge is -2.04. The van der Waals surface area contributed by atoms with Gasteiger partial charge in [-0.2, -0.15) is 0 Å². The van der Waals surface area contributed by atoms with Crippen LogP contribution in [0.1, 0.15) is 58.8 Å². The number of allylic oxidation sites excluding steroid dienone is 3. The van der Waals surface area contributed by atoms with E-state index in [4.69, 9.17) is 9.15 Å². The highest BCUT2D eigenvalue weighted by Gasteiger charge is 2.09. The van der Waals surface area contributed by atoms with Gasteiger partial charge in [0.25, 0.3) is 0 Å². The molecule has 0 bridgehead atoms. The molecule has 1 rings (SSSR count). The van der Waals surface area contributed by atoms with Gasteiger partial charge >= 0.3 is 11.6 Å². The second kappa shape index (κ2) is 12.3. The molecule has 1 heterocycles. The van der Waals surface area contributed by atoms with Crippen LogP contribution in [0.15, 0.2) is 44.6 Å². The quantitative estimate of drug-likeness (QED) is 0.533. The van der Waals surface area contributed by atoms with Crippen LogP contribution in [0.3, 0.4) is 0 Å². The normalized spacial score (nSPS) is 10.5. The lowest BCUT2D eigenvalue weighted by atomic mass is 10.1. The summed E-state index contributed by atoms with van der Waals surface area (Å²) < 4.78 is 10.1. The molecule has 0 N–H and O–H groups in total. The maximum absolute atomic E-state index is 11.7. The molecule has 134 valence electrons. The Balaban J connectivity index is 0.00000254. The van der Waals surface area contributed by atoms with Crippen molar-refractivity contribution in [2.24, 2.45) is 0 Å². The van der Waals surface area contributed by atoms with E-state index < -0.39 is 11.6 Å². The predicted octanol–water partition coefficient (Wildman–Crippen LogP) is 4.75. The molecule has 4 nitrogen and oxygen atoms in total. The highest BCUT2D eigenvalue weighted by atomic mass is 16.5. The zero-order valence-electron chi connectivity index (χ0n) is 15.8. The van der Waals surface area contributed by atoms with Crippen molar-refractivity contribution in [3.05, 3.63) is 57.2 Å². The molecule has 0 fully saturated rings. The molecule has 0 aliphatic rings. The minimum Gasteiger partial charge on any atom is -0.461 e. The number of hydrogen-bond donors (Lipinski definition) is 0. The van der Waals surface area contributed by atoms with Crippen LogP contribution >= 0.6 is 0 Å². The lowest BCUT2D eigenvalue weighted by molar-refractivity contribution is -0.141. The van der Waals surface area contributed by atoms with Gasteiger partial charge in [0.15, 0.2) is 0 Å². The summed E-state index contributed by atoms with van der Waals surface area (Å²) in [6.07, 6.45) is 6.02. The summed E-state index contributed by atoms with van der Waals surface area (Å²) in [5.41, 5.74) is 2.81. The molecule has 0 atom stereocenters. The predicted molar refractivity (Wildman–Crippen MR) is 98.1 cm³/mol. The first-order chi connectivity index (χ1) is 11.4. The fourth-order valence-corrected chi connectivity index (χ4v) is 1.85. The Morgan fingerprint density at radius 3 is 2.46 bits per heavy atom. The zero-order chi connectivity index (χ0) is 18.5. The first-order valence-electron chi connectivity index (χ1n) is 8.42. The van der Waals surface area contributed by atoms with Gasteiger partial charge in [0.1, 0.15) is 18.8 Å². The Bertz CT molecular complexity index is 617. The highest BCUT2D eigenvalue weighted by molar-refractivity contribution is 5.72. The number of carbonyl (C=O) groups is 1. The number of aryl methyl sites for hydroxylation is 1. The Kier molecular flexibility index (Phi) is 11.3. The van der Waals surface area contributed by atoms with Crippen LogP contribution in [0.5, 0.6) is 0 Å². The van der Waals surface area contributed by atoms with Crippen molar-refractivity contribution >= 4 is 5.97 Å². The average molecular weight is 334 g/mol. The van der Waals surface area contributed by atoms with Gasteiger partial charge in [0.2, 0.25) is 0 Å². The van der Waals surface area contributed by atoms with E-state index in [1.54, 1.807) is 13.0 Å². The van der Waals surface area contributed by atoms with Gasteiger partial charge in [-0.1, -0.05) is 31.1 Å². The monoisotopic (exact) mass is 334 g/mol. The second-order valence-corrected chi connectivity index (χ2v) is 5.59. The molecule has 0 aliphatic heterocycles. The molecule has 4 heteroatoms. The van der Waals surface area contributed by atoms with Gasteiger partial charge in [0, 0.05) is 6.07 Å². The van der Waals surface area contributed by atoms with Gasteiger partial charge in [-0.3, -0.25) is 4.79 Å². The SMILES string of the molecule is CC.CC(C)=CCC/C(C)=C/COC(=O)Cc1oc(=O)ccc1C. The van der Waals surface area contributed by atoms with Gasteiger partial charge < -0.3 is 9.15 Å². The van der Waals surface area contributed by atoms with E-state index in [2.05, 4.69) is 19.9 Å². The zero-order valence-corrected chi connectivity index (χ0v) is 15.8. The molecule has 0 unspecified atom stereocenters. The van der Waals surface area contributed by atoms with Crippen LogP contribution < -0.4 is 5.63 Å². The molecule has 1 aromatic heterocycles. The van der Waals surface area contributed by atoms with Crippen molar-refractivity contribution in [2.45, 2.75) is 60.8 Å². The third-order valence-electron chi connectivity index (χ3n) is 3.21. The van der Waals surface area contributed by atoms with E-state index in [9.17, 15) is 9.59 Å². The number of rotatable bonds is 7. The highest BCUT2D eigenvalue weighted by Crippen LogP contribution is 2.08. The van der Waals surface area contributed by atoms with E-state index in [0.717, 1.165) is 18.4 Å². The molecule has 0 aromatic carbocycles. The summed E-state index contributed by atoms with van der Waals surface area (Å²) in [5.74, 6) is -0.0347. The number of ether oxygens (including phenoxy) is 1. The molecule has 1 aromatic rings.